The van der Waals surface area contributed by atoms with E-state index in [1.54, 1.807) is 42.1 Å². The van der Waals surface area contributed by atoms with Crippen LogP contribution in [0.4, 0.5) is 21.0 Å². The maximum atomic E-state index is 15.1. The zero-order valence-corrected chi connectivity index (χ0v) is 44.1. The Morgan fingerprint density at radius 1 is 0.808 bits per heavy atom. The second-order valence-corrected chi connectivity index (χ2v) is 23.3. The quantitative estimate of drug-likeness (QED) is 0.0364. The van der Waals surface area contributed by atoms with Crippen LogP contribution < -0.4 is 24.8 Å². The van der Waals surface area contributed by atoms with Gasteiger partial charge in [-0.25, -0.2) is 14.2 Å². The van der Waals surface area contributed by atoms with Gasteiger partial charge in [-0.15, -0.1) is 23.2 Å². The SMILES string of the molecule is CCC1(C(=O)N2C[C@@H](CCl)c3c2cc(OP(=O)(O)O)c2ccccc32)CC2(C(=O)N3C[C@@H](CCl)c4c3cc(OC(=O)N(C)CCN(C)C(=O)OCc3ccccc3SSC[C@H](N)C(=O)O)c3ccccc43)CC21. The molecule has 0 spiro atoms. The summed E-state index contributed by atoms with van der Waals surface area (Å²) in [4.78, 5) is 94.6. The Balaban J connectivity index is 0.886. The number of phosphoric acid groups is 1. The maximum absolute atomic E-state index is 15.1. The minimum Gasteiger partial charge on any atom is -0.480 e. The number of ether oxygens (including phenoxy) is 2. The molecule has 0 radical (unpaired) electrons. The van der Waals surface area contributed by atoms with E-state index in [4.69, 9.17) is 48.0 Å². The first-order chi connectivity index (χ1) is 34.9. The number of rotatable bonds is 18. The molecule has 4 amide bonds. The molecule has 2 saturated carbocycles. The average molecular weight is 1100 g/mol. The number of likely N-dealkylation sites (N-methyl/N-ethyl adjacent to an activating group) is 2. The molecule has 5 aromatic carbocycles. The molecule has 17 nitrogen and oxygen atoms in total. The number of carbonyl (C=O) groups excluding carboxylic acids is 4. The van der Waals surface area contributed by atoms with Crippen LogP contribution in [-0.4, -0.2) is 118 Å². The van der Waals surface area contributed by atoms with Crippen molar-refractivity contribution in [2.75, 3.05) is 67.6 Å². The van der Waals surface area contributed by atoms with E-state index in [2.05, 4.69) is 0 Å². The number of phosphoric ester groups is 1. The van der Waals surface area contributed by atoms with Gasteiger partial charge < -0.3 is 44.4 Å². The van der Waals surface area contributed by atoms with Crippen molar-refractivity contribution in [1.82, 2.24) is 9.80 Å². The molecule has 5 aromatic rings. The first kappa shape index (κ1) is 52.6. The van der Waals surface area contributed by atoms with Gasteiger partial charge in [0.25, 0.3) is 0 Å². The number of nitrogens with zero attached hydrogens (tertiary/aromatic N) is 4. The third-order valence-electron chi connectivity index (χ3n) is 14.8. The van der Waals surface area contributed by atoms with E-state index >= 15 is 9.59 Å². The highest BCUT2D eigenvalue weighted by molar-refractivity contribution is 8.76. The molecule has 22 heteroatoms. The fourth-order valence-electron chi connectivity index (χ4n) is 11.0. The topological polar surface area (TPSA) is 230 Å². The molecule has 5 N–H and O–H groups in total. The summed E-state index contributed by atoms with van der Waals surface area (Å²) in [5.74, 6) is -1.36. The summed E-state index contributed by atoms with van der Waals surface area (Å²) < 4.78 is 29.0. The van der Waals surface area contributed by atoms with E-state index in [0.717, 1.165) is 27.0 Å². The number of nitrogens with two attached hydrogens (primary N) is 1. The van der Waals surface area contributed by atoms with Crippen molar-refractivity contribution in [3.8, 4) is 11.5 Å². The third kappa shape index (κ3) is 9.83. The van der Waals surface area contributed by atoms with Crippen LogP contribution in [0.1, 0.15) is 54.7 Å². The van der Waals surface area contributed by atoms with Gasteiger partial charge in [0.15, 0.2) is 0 Å². The van der Waals surface area contributed by atoms with Gasteiger partial charge in [0.1, 0.15) is 24.1 Å². The molecular weight excluding hydrogens is 1040 g/mol. The van der Waals surface area contributed by atoms with Gasteiger partial charge in [0.05, 0.1) is 22.2 Å². The standard InChI is InChI=1S/C51H54Cl2N5O12PS2/c1-4-50(46(61)57-24-30(22-52)44-35-15-9-7-13-33(35)40(20-38(44)57)70-71(65,66)67)28-51(21-42(50)51)47(62)58-25-31(23-53)43-34-14-8-6-12-32(34)39(19-37(43)58)69-49(64)56(3)18-17-55(2)48(63)68-26-29-11-5-10-16-41(29)73-72-27-36(54)45(59)60/h5-16,19-20,30-31,36,42H,4,17-18,21-28,54H2,1-3H3,(H,59,60)(H2,65,66,67)/t30-,31-,36+,42?,50?,51?/m1/s1. The molecule has 0 saturated heterocycles. The lowest BCUT2D eigenvalue weighted by atomic mass is 9.59. The lowest BCUT2D eigenvalue weighted by molar-refractivity contribution is -0.144. The van der Waals surface area contributed by atoms with Crippen molar-refractivity contribution in [1.29, 1.82) is 0 Å². The fourth-order valence-corrected chi connectivity index (χ4v) is 14.3. The maximum Gasteiger partial charge on any atom is 0.524 e. The fraction of sp³-hybridized carbons (Fsp3) is 0.392. The number of hydrogen-bond donors (Lipinski definition) is 4. The molecule has 2 aliphatic heterocycles. The van der Waals surface area contributed by atoms with E-state index in [0.29, 0.717) is 53.3 Å². The summed E-state index contributed by atoms with van der Waals surface area (Å²) in [5.41, 5.74) is 7.37. The first-order valence-corrected chi connectivity index (χ1v) is 28.6. The largest absolute Gasteiger partial charge is 0.524 e. The van der Waals surface area contributed by atoms with Gasteiger partial charge in [-0.3, -0.25) is 24.2 Å². The van der Waals surface area contributed by atoms with Crippen LogP contribution in [-0.2, 0) is 30.3 Å². The molecule has 0 aromatic heterocycles. The number of carboxylic acids is 1. The predicted octanol–water partition coefficient (Wildman–Crippen LogP) is 9.16. The predicted molar refractivity (Wildman–Crippen MR) is 282 cm³/mol. The molecule has 2 heterocycles. The van der Waals surface area contributed by atoms with Crippen LogP contribution in [0.15, 0.2) is 89.8 Å². The number of amides is 4. The van der Waals surface area contributed by atoms with Crippen LogP contribution in [0.2, 0.25) is 0 Å². The molecule has 3 unspecified atom stereocenters. The van der Waals surface area contributed by atoms with Crippen LogP contribution in [0.25, 0.3) is 21.5 Å². The van der Waals surface area contributed by atoms with E-state index in [1.807, 2.05) is 67.6 Å². The van der Waals surface area contributed by atoms with Gasteiger partial charge in [0, 0.05) is 103 Å². The zero-order valence-electron chi connectivity index (χ0n) is 40.1. The lowest BCUT2D eigenvalue weighted by Crippen LogP contribution is -2.56. The molecule has 386 valence electrons. The summed E-state index contributed by atoms with van der Waals surface area (Å²) >= 11 is 13.2. The van der Waals surface area contributed by atoms with Crippen molar-refractivity contribution in [3.05, 3.63) is 102 Å². The van der Waals surface area contributed by atoms with Crippen molar-refractivity contribution in [2.45, 2.75) is 55.6 Å². The lowest BCUT2D eigenvalue weighted by Gasteiger charge is -2.47. The molecule has 9 rings (SSSR count). The van der Waals surface area contributed by atoms with Crippen LogP contribution in [0.5, 0.6) is 11.5 Å². The Morgan fingerprint density at radius 2 is 1.34 bits per heavy atom. The van der Waals surface area contributed by atoms with E-state index in [9.17, 15) is 28.7 Å². The normalized spacial score (nSPS) is 21.9. The summed E-state index contributed by atoms with van der Waals surface area (Å²) in [7, 11) is 0.766. The summed E-state index contributed by atoms with van der Waals surface area (Å²) in [6, 6.07) is 24.1. The second-order valence-electron chi connectivity index (χ2n) is 19.1. The Kier molecular flexibility index (Phi) is 15.0. The van der Waals surface area contributed by atoms with Gasteiger partial charge in [-0.2, -0.15) is 0 Å². The minimum atomic E-state index is -4.97. The van der Waals surface area contributed by atoms with Crippen molar-refractivity contribution in [2.24, 2.45) is 22.5 Å². The summed E-state index contributed by atoms with van der Waals surface area (Å²) in [5, 5.41) is 11.7. The van der Waals surface area contributed by atoms with Crippen molar-refractivity contribution in [3.63, 3.8) is 0 Å². The van der Waals surface area contributed by atoms with Gasteiger partial charge in [0.2, 0.25) is 11.8 Å². The first-order valence-electron chi connectivity index (χ1n) is 23.6. The molecule has 73 heavy (non-hydrogen) atoms. The third-order valence-corrected chi connectivity index (χ3v) is 18.5. The van der Waals surface area contributed by atoms with Crippen LogP contribution >= 0.6 is 52.6 Å². The summed E-state index contributed by atoms with van der Waals surface area (Å²) in [6.07, 6.45) is -0.0594. The molecule has 2 aliphatic carbocycles. The number of carboxylic acid groups (broad SMARTS) is 1. The Bertz CT molecular complexity index is 3100. The van der Waals surface area contributed by atoms with E-state index < -0.39 is 42.9 Å². The van der Waals surface area contributed by atoms with E-state index in [-0.39, 0.29) is 84.8 Å². The van der Waals surface area contributed by atoms with Gasteiger partial charge in [-0.05, 0) is 53.1 Å². The van der Waals surface area contributed by atoms with Gasteiger partial charge >= 0.3 is 26.0 Å². The minimum absolute atomic E-state index is 0.0335. The number of halogens is 2. The second kappa shape index (κ2) is 20.8. The highest BCUT2D eigenvalue weighted by Gasteiger charge is 2.81. The number of aliphatic carboxylic acids is 1. The smallest absolute Gasteiger partial charge is 0.480 e. The molecule has 2 fully saturated rings. The Labute approximate surface area is 439 Å². The number of fused-ring (bicyclic) bond motifs is 7. The average Bonchev–Trinajstić information content (AvgIpc) is 3.63. The van der Waals surface area contributed by atoms with Gasteiger partial charge in [-0.1, -0.05) is 95.2 Å². The summed E-state index contributed by atoms with van der Waals surface area (Å²) in [6.45, 7) is 2.66. The van der Waals surface area contributed by atoms with Crippen LogP contribution in [0, 0.1) is 16.7 Å². The Morgan fingerprint density at radius 3 is 1.90 bits per heavy atom. The molecule has 0 bridgehead atoms. The highest BCUT2D eigenvalue weighted by atomic mass is 35.5. The van der Waals surface area contributed by atoms with Crippen molar-refractivity contribution < 1.29 is 57.4 Å². The molecule has 6 atom stereocenters. The monoisotopic (exact) mass is 1090 g/mol. The zero-order chi connectivity index (χ0) is 52.1. The number of hydrogen-bond acceptors (Lipinski definition) is 12. The Hall–Kier alpha value is -5.24. The van der Waals surface area contributed by atoms with Crippen LogP contribution in [0.3, 0.4) is 0 Å². The molecular formula is C51H54Cl2N5O12PS2. The number of anilines is 2. The van der Waals surface area contributed by atoms with E-state index in [1.165, 1.54) is 37.5 Å². The molecule has 4 aliphatic rings. The highest BCUT2D eigenvalue weighted by Crippen LogP contribution is 2.79. The number of carbonyl (C=O) groups is 5. The number of benzene rings is 5. The van der Waals surface area contributed by atoms with Crippen molar-refractivity contribution >= 4 is 116 Å². The number of alkyl halides is 2.